The van der Waals surface area contributed by atoms with E-state index in [1.807, 2.05) is 0 Å². The molecule has 0 aromatic carbocycles. The van der Waals surface area contributed by atoms with Gasteiger partial charge in [0.05, 0.1) is 0 Å². The third-order valence-corrected chi connectivity index (χ3v) is 10.6. The zero-order valence-electron chi connectivity index (χ0n) is 40.8. The largest absolute Gasteiger partial charge is 0.462 e. The Kier molecular flexibility index (Phi) is 48.0. The Morgan fingerprint density at radius 1 is 0.349 bits per heavy atom. The Labute approximate surface area is 387 Å². The highest BCUT2D eigenvalue weighted by Crippen LogP contribution is 2.14. The molecule has 6 heteroatoms. The van der Waals surface area contributed by atoms with Gasteiger partial charge in [-0.25, -0.2) is 0 Å². The van der Waals surface area contributed by atoms with E-state index in [9.17, 15) is 14.4 Å². The van der Waals surface area contributed by atoms with Crippen LogP contribution in [0.5, 0.6) is 0 Å². The van der Waals surface area contributed by atoms with Crippen molar-refractivity contribution >= 4 is 17.9 Å². The van der Waals surface area contributed by atoms with E-state index in [0.717, 1.165) is 77.0 Å². The Morgan fingerprint density at radius 3 is 1.14 bits per heavy atom. The van der Waals surface area contributed by atoms with Crippen molar-refractivity contribution in [3.63, 3.8) is 0 Å². The Morgan fingerprint density at radius 2 is 0.683 bits per heavy atom. The third kappa shape index (κ3) is 49.2. The molecule has 0 aromatic heterocycles. The number of carbonyl (C=O) groups is 3. The summed E-state index contributed by atoms with van der Waals surface area (Å²) in [5.74, 6) is -1.02. The summed E-state index contributed by atoms with van der Waals surface area (Å²) in [6.07, 6.45) is 67.0. The fourth-order valence-corrected chi connectivity index (χ4v) is 6.70. The lowest BCUT2D eigenvalue weighted by atomic mass is 10.1. The van der Waals surface area contributed by atoms with E-state index < -0.39 is 6.10 Å². The van der Waals surface area contributed by atoms with Crippen LogP contribution in [-0.2, 0) is 28.6 Å². The number of hydrogen-bond acceptors (Lipinski definition) is 6. The summed E-state index contributed by atoms with van der Waals surface area (Å²) in [5.41, 5.74) is 0. The molecule has 0 bridgehead atoms. The smallest absolute Gasteiger partial charge is 0.306 e. The molecule has 358 valence electrons. The number of ether oxygens (including phenoxy) is 3. The Hall–Kier alpha value is -3.67. The van der Waals surface area contributed by atoms with Crippen molar-refractivity contribution in [3.05, 3.63) is 97.2 Å². The van der Waals surface area contributed by atoms with E-state index in [2.05, 4.69) is 118 Å². The molecule has 63 heavy (non-hydrogen) atoms. The van der Waals surface area contributed by atoms with Gasteiger partial charge in [0.2, 0.25) is 0 Å². The molecule has 1 atom stereocenters. The van der Waals surface area contributed by atoms with Crippen molar-refractivity contribution in [2.24, 2.45) is 0 Å². The molecule has 0 spiro atoms. The maximum atomic E-state index is 12.8. The van der Waals surface area contributed by atoms with Crippen LogP contribution < -0.4 is 0 Å². The van der Waals surface area contributed by atoms with Crippen LogP contribution in [0.15, 0.2) is 97.2 Å². The van der Waals surface area contributed by atoms with Crippen LogP contribution in [0.25, 0.3) is 0 Å². The van der Waals surface area contributed by atoms with E-state index in [1.54, 1.807) is 0 Å². The van der Waals surface area contributed by atoms with Crippen molar-refractivity contribution in [1.82, 2.24) is 0 Å². The summed E-state index contributed by atoms with van der Waals surface area (Å²) in [4.78, 5) is 37.9. The first-order valence-electron chi connectivity index (χ1n) is 25.8. The van der Waals surface area contributed by atoms with Crippen LogP contribution >= 0.6 is 0 Å². The molecule has 0 aliphatic rings. The zero-order chi connectivity index (χ0) is 45.8. The highest BCUT2D eigenvalue weighted by Gasteiger charge is 2.19. The highest BCUT2D eigenvalue weighted by atomic mass is 16.6. The molecule has 0 rings (SSSR count). The van der Waals surface area contributed by atoms with Gasteiger partial charge in [-0.05, 0) is 109 Å². The summed E-state index contributed by atoms with van der Waals surface area (Å²) in [5, 5.41) is 0. The molecule has 0 aliphatic carbocycles. The summed E-state index contributed by atoms with van der Waals surface area (Å²) in [6, 6.07) is 0. The van der Waals surface area contributed by atoms with Crippen LogP contribution in [0.1, 0.15) is 226 Å². The van der Waals surface area contributed by atoms with Gasteiger partial charge in [-0.1, -0.05) is 195 Å². The molecule has 0 saturated heterocycles. The highest BCUT2D eigenvalue weighted by molar-refractivity contribution is 5.71. The topological polar surface area (TPSA) is 78.9 Å². The predicted octanol–water partition coefficient (Wildman–Crippen LogP) is 17.0. The summed E-state index contributed by atoms with van der Waals surface area (Å²) >= 11 is 0. The molecule has 0 amide bonds. The minimum absolute atomic E-state index is 0.112. The van der Waals surface area contributed by atoms with Crippen LogP contribution in [0.4, 0.5) is 0 Å². The average Bonchev–Trinajstić information content (AvgIpc) is 3.28. The fraction of sp³-hybridized carbons (Fsp3) is 0.667. The van der Waals surface area contributed by atoms with Crippen LogP contribution in [0.3, 0.4) is 0 Å². The maximum Gasteiger partial charge on any atom is 0.306 e. The first-order valence-corrected chi connectivity index (χ1v) is 25.8. The molecule has 0 saturated carbocycles. The summed E-state index contributed by atoms with van der Waals surface area (Å²) < 4.78 is 16.7. The molecule has 0 heterocycles. The number of rotatable bonds is 45. The Balaban J connectivity index is 4.43. The second kappa shape index (κ2) is 51.0. The monoisotopic (exact) mass is 875 g/mol. The zero-order valence-corrected chi connectivity index (χ0v) is 40.8. The van der Waals surface area contributed by atoms with Crippen LogP contribution in [0, 0.1) is 0 Å². The van der Waals surface area contributed by atoms with Gasteiger partial charge in [0, 0.05) is 19.3 Å². The van der Waals surface area contributed by atoms with Gasteiger partial charge in [0.25, 0.3) is 0 Å². The molecule has 0 radical (unpaired) electrons. The summed E-state index contributed by atoms with van der Waals surface area (Å²) in [6.45, 7) is 6.37. The van der Waals surface area contributed by atoms with E-state index in [-0.39, 0.29) is 37.5 Å². The second-order valence-electron chi connectivity index (χ2n) is 16.7. The van der Waals surface area contributed by atoms with Crippen molar-refractivity contribution in [1.29, 1.82) is 0 Å². The van der Waals surface area contributed by atoms with E-state index in [0.29, 0.717) is 19.3 Å². The van der Waals surface area contributed by atoms with Gasteiger partial charge in [0.15, 0.2) is 6.10 Å². The fourth-order valence-electron chi connectivity index (χ4n) is 6.70. The van der Waals surface area contributed by atoms with Crippen molar-refractivity contribution in [2.75, 3.05) is 13.2 Å². The van der Waals surface area contributed by atoms with E-state index in [4.69, 9.17) is 14.2 Å². The standard InChI is InChI=1S/C57H94O6/c1-4-7-10-13-16-19-21-23-25-27-28-30-31-33-35-38-41-44-47-50-56(59)62-53-54(52-61-55(58)49-46-43-40-37-18-15-12-9-6-3)63-57(60)51-48-45-42-39-36-34-32-29-26-24-22-20-17-14-11-8-5-2/h9,12,16-21,23-24,26,32,34,37,39,42,54H,4-8,10-11,13-15,22,25,27-31,33,35-36,38,40-41,43-53H2,1-3H3/b12-9-,19-16-,20-17-,23-21-,26-24-,34-32-,37-18-,42-39-. The number of allylic oxidation sites excluding steroid dienone is 16. The molecule has 0 N–H and O–H groups in total. The van der Waals surface area contributed by atoms with Crippen LogP contribution in [-0.4, -0.2) is 37.2 Å². The number of unbranched alkanes of at least 4 members (excludes halogenated alkanes) is 19. The lowest BCUT2D eigenvalue weighted by Crippen LogP contribution is -2.30. The van der Waals surface area contributed by atoms with E-state index >= 15 is 0 Å². The summed E-state index contributed by atoms with van der Waals surface area (Å²) in [7, 11) is 0. The van der Waals surface area contributed by atoms with Gasteiger partial charge in [-0.3, -0.25) is 14.4 Å². The molecule has 0 fully saturated rings. The van der Waals surface area contributed by atoms with Crippen LogP contribution in [0.2, 0.25) is 0 Å². The van der Waals surface area contributed by atoms with E-state index in [1.165, 1.54) is 103 Å². The molecule has 0 aromatic rings. The molecule has 6 nitrogen and oxygen atoms in total. The van der Waals surface area contributed by atoms with Gasteiger partial charge in [-0.15, -0.1) is 0 Å². The molecular formula is C57H94O6. The minimum atomic E-state index is -0.820. The molecule has 0 aliphatic heterocycles. The average molecular weight is 875 g/mol. The number of hydrogen-bond donors (Lipinski definition) is 0. The lowest BCUT2D eigenvalue weighted by Gasteiger charge is -2.18. The first kappa shape index (κ1) is 59.3. The SMILES string of the molecule is CC/C=C\C/C=C\CCCCC(=O)OCC(COC(=O)CCCCCCCCCCCC/C=C\C=C/CCCCC)OC(=O)CCC/C=C\C/C=C\C/C=C\C/C=C\CCCCC. The lowest BCUT2D eigenvalue weighted by molar-refractivity contribution is -0.167. The van der Waals surface area contributed by atoms with Crippen molar-refractivity contribution in [3.8, 4) is 0 Å². The quantitative estimate of drug-likeness (QED) is 0.0199. The predicted molar refractivity (Wildman–Crippen MR) is 270 cm³/mol. The van der Waals surface area contributed by atoms with Crippen molar-refractivity contribution in [2.45, 2.75) is 232 Å². The number of esters is 3. The van der Waals surface area contributed by atoms with Gasteiger partial charge < -0.3 is 14.2 Å². The normalized spacial score (nSPS) is 12.9. The number of carbonyl (C=O) groups excluding carboxylic acids is 3. The van der Waals surface area contributed by atoms with Gasteiger partial charge in [0.1, 0.15) is 13.2 Å². The van der Waals surface area contributed by atoms with Gasteiger partial charge >= 0.3 is 17.9 Å². The molecular weight excluding hydrogens is 781 g/mol. The second-order valence-corrected chi connectivity index (χ2v) is 16.7. The molecule has 1 unspecified atom stereocenters. The maximum absolute atomic E-state index is 12.8. The first-order chi connectivity index (χ1) is 31.0. The Bertz CT molecular complexity index is 1280. The van der Waals surface area contributed by atoms with Gasteiger partial charge in [-0.2, -0.15) is 0 Å². The van der Waals surface area contributed by atoms with Crippen molar-refractivity contribution < 1.29 is 28.6 Å². The minimum Gasteiger partial charge on any atom is -0.462 e. The third-order valence-electron chi connectivity index (χ3n) is 10.6.